The first-order chi connectivity index (χ1) is 9.61. The van der Waals surface area contributed by atoms with Crippen molar-refractivity contribution in [2.45, 2.75) is 6.92 Å². The van der Waals surface area contributed by atoms with E-state index in [-0.39, 0.29) is 10.9 Å². The van der Waals surface area contributed by atoms with Gasteiger partial charge in [0.25, 0.3) is 5.56 Å². The van der Waals surface area contributed by atoms with Crippen LogP contribution in [0.15, 0.2) is 38.4 Å². The Kier molecular flexibility index (Phi) is 2.65. The average molecular weight is 273 g/mol. The molecule has 0 saturated carbocycles. The van der Waals surface area contributed by atoms with E-state index in [0.29, 0.717) is 11.3 Å². The topological polar surface area (TPSA) is 119 Å². The van der Waals surface area contributed by atoms with Gasteiger partial charge in [0.05, 0.1) is 0 Å². The van der Waals surface area contributed by atoms with Crippen LogP contribution in [0.4, 0.5) is 0 Å². The molecule has 0 atom stereocenters. The van der Waals surface area contributed by atoms with Gasteiger partial charge in [0.1, 0.15) is 11.1 Å². The minimum absolute atomic E-state index is 0.0110. The number of hydrazine groups is 1. The molecule has 0 fully saturated rings. The quantitative estimate of drug-likeness (QED) is 0.449. The maximum absolute atomic E-state index is 11.9. The van der Waals surface area contributed by atoms with Gasteiger partial charge in [-0.25, -0.2) is 21.3 Å². The Morgan fingerprint density at radius 3 is 2.65 bits per heavy atom. The maximum Gasteiger partial charge on any atom is 0.370 e. The lowest BCUT2D eigenvalue weighted by Crippen LogP contribution is -2.24. The number of nitrogen functional groups attached to an aromatic ring is 1. The minimum Gasteiger partial charge on any atom is -0.314 e. The molecule has 3 rings (SSSR count). The lowest BCUT2D eigenvalue weighted by molar-refractivity contribution is 0.299. The van der Waals surface area contributed by atoms with E-state index in [2.05, 4.69) is 15.7 Å². The number of rotatable bonds is 2. The van der Waals surface area contributed by atoms with E-state index in [1.807, 2.05) is 31.2 Å². The van der Waals surface area contributed by atoms with E-state index < -0.39 is 11.2 Å². The van der Waals surface area contributed by atoms with Crippen LogP contribution in [-0.4, -0.2) is 15.0 Å². The number of H-pyrrole nitrogens is 1. The normalized spacial score (nSPS) is 10.9. The van der Waals surface area contributed by atoms with Gasteiger partial charge in [0.2, 0.25) is 0 Å². The van der Waals surface area contributed by atoms with Crippen LogP contribution in [0.25, 0.3) is 22.2 Å². The molecular formula is C12H11N5O3. The summed E-state index contributed by atoms with van der Waals surface area (Å²) in [4.78, 5) is 24.5. The molecule has 4 N–H and O–H groups in total. The van der Waals surface area contributed by atoms with Crippen LogP contribution in [-0.2, 0) is 0 Å². The lowest BCUT2D eigenvalue weighted by atomic mass is 10.1. The third-order valence-corrected chi connectivity index (χ3v) is 2.98. The highest BCUT2D eigenvalue weighted by molar-refractivity contribution is 5.90. The smallest absolute Gasteiger partial charge is 0.314 e. The molecule has 3 aromatic rings. The third-order valence-electron chi connectivity index (χ3n) is 2.98. The second kappa shape index (κ2) is 4.35. The maximum atomic E-state index is 11.9. The van der Waals surface area contributed by atoms with E-state index in [1.54, 1.807) is 0 Å². The molecule has 2 aromatic heterocycles. The summed E-state index contributed by atoms with van der Waals surface area (Å²) in [5.74, 6) is 5.21. The molecule has 0 saturated heterocycles. The Morgan fingerprint density at radius 2 is 2.00 bits per heavy atom. The monoisotopic (exact) mass is 273 g/mol. The summed E-state index contributed by atoms with van der Waals surface area (Å²) in [5.41, 5.74) is 2.95. The van der Waals surface area contributed by atoms with E-state index in [0.717, 1.165) is 10.4 Å². The lowest BCUT2D eigenvalue weighted by Gasteiger charge is -2.02. The van der Waals surface area contributed by atoms with Gasteiger partial charge in [-0.05, 0) is 6.92 Å². The molecule has 8 heteroatoms. The molecule has 102 valence electrons. The number of aryl methyl sites for hydroxylation is 1. The zero-order valence-electron chi connectivity index (χ0n) is 10.5. The van der Waals surface area contributed by atoms with Crippen LogP contribution in [0.5, 0.6) is 0 Å². The number of hydrogen-bond donors (Lipinski definition) is 3. The fraction of sp³-hybridized carbons (Fsp3) is 0.0833. The number of hydrogen-bond acceptors (Lipinski definition) is 6. The van der Waals surface area contributed by atoms with Crippen molar-refractivity contribution in [2.24, 2.45) is 5.84 Å². The van der Waals surface area contributed by atoms with Crippen molar-refractivity contribution in [1.82, 2.24) is 15.0 Å². The standard InChI is InChI=1S/C12H11N5O3/c1-6-2-4-7(5-3-6)9-8-10(11(18)15-14-9)17(16-13)20-12(8)19/h2-5,16H,13H2,1H3,(H,15,18). The van der Waals surface area contributed by atoms with Crippen molar-refractivity contribution in [1.29, 1.82) is 0 Å². The number of fused-ring (bicyclic) bond motifs is 1. The summed E-state index contributed by atoms with van der Waals surface area (Å²) in [5, 5.41) is 6.34. The molecule has 20 heavy (non-hydrogen) atoms. The average Bonchev–Trinajstić information content (AvgIpc) is 2.79. The summed E-state index contributed by atoms with van der Waals surface area (Å²) in [7, 11) is 0. The van der Waals surface area contributed by atoms with E-state index in [4.69, 9.17) is 10.4 Å². The molecule has 0 radical (unpaired) electrons. The Hall–Kier alpha value is -2.87. The van der Waals surface area contributed by atoms with Gasteiger partial charge in [-0.1, -0.05) is 34.7 Å². The Labute approximate surface area is 111 Å². The summed E-state index contributed by atoms with van der Waals surface area (Å²) >= 11 is 0. The molecule has 8 nitrogen and oxygen atoms in total. The summed E-state index contributed by atoms with van der Waals surface area (Å²) < 4.78 is 4.85. The van der Waals surface area contributed by atoms with Crippen LogP contribution in [0.2, 0.25) is 0 Å². The second-order valence-corrected chi connectivity index (χ2v) is 4.29. The van der Waals surface area contributed by atoms with E-state index in [9.17, 15) is 9.59 Å². The van der Waals surface area contributed by atoms with Gasteiger partial charge in [0, 0.05) is 5.56 Å². The van der Waals surface area contributed by atoms with Gasteiger partial charge in [-0.3, -0.25) is 4.79 Å². The predicted molar refractivity (Wildman–Crippen MR) is 72.6 cm³/mol. The zero-order chi connectivity index (χ0) is 14.3. The molecule has 0 bridgehead atoms. The first-order valence-electron chi connectivity index (χ1n) is 5.80. The number of benzene rings is 1. The molecular weight excluding hydrogens is 262 g/mol. The first kappa shape index (κ1) is 12.2. The van der Waals surface area contributed by atoms with E-state index >= 15 is 0 Å². The predicted octanol–water partition coefficient (Wildman–Crippen LogP) is 0.0704. The Bertz CT molecular complexity index is 888. The van der Waals surface area contributed by atoms with Gasteiger partial charge in [-0.15, -0.1) is 0 Å². The highest BCUT2D eigenvalue weighted by Gasteiger charge is 2.19. The first-order valence-corrected chi connectivity index (χ1v) is 5.80. The zero-order valence-corrected chi connectivity index (χ0v) is 10.5. The minimum atomic E-state index is -0.688. The van der Waals surface area contributed by atoms with Crippen molar-refractivity contribution >= 4 is 10.9 Å². The molecule has 0 aliphatic rings. The molecule has 1 aromatic carbocycles. The van der Waals surface area contributed by atoms with Gasteiger partial charge >= 0.3 is 5.63 Å². The number of nitrogens with zero attached hydrogens (tertiary/aromatic N) is 2. The van der Waals surface area contributed by atoms with Crippen LogP contribution >= 0.6 is 0 Å². The Balaban J connectivity index is 2.41. The highest BCUT2D eigenvalue weighted by Crippen LogP contribution is 2.22. The molecule has 0 spiro atoms. The van der Waals surface area contributed by atoms with E-state index in [1.165, 1.54) is 0 Å². The fourth-order valence-electron chi connectivity index (χ4n) is 2.01. The molecule has 2 heterocycles. The SMILES string of the molecule is Cc1ccc(-c2n[nH]c(=O)c3c2c(=O)on3NN)cc1. The second-order valence-electron chi connectivity index (χ2n) is 4.29. The fourth-order valence-corrected chi connectivity index (χ4v) is 2.01. The highest BCUT2D eigenvalue weighted by atomic mass is 16.5. The number of nitrogens with two attached hydrogens (primary N) is 1. The van der Waals surface area contributed by atoms with Crippen molar-refractivity contribution in [3.05, 3.63) is 50.6 Å². The number of aromatic nitrogens is 3. The van der Waals surface area contributed by atoms with Gasteiger partial charge in [-0.2, -0.15) is 5.10 Å². The van der Waals surface area contributed by atoms with Crippen LogP contribution in [0.3, 0.4) is 0 Å². The number of aromatic amines is 1. The summed E-state index contributed by atoms with van der Waals surface area (Å²) in [6.45, 7) is 1.95. The van der Waals surface area contributed by atoms with Crippen LogP contribution < -0.4 is 22.6 Å². The molecule has 0 aliphatic carbocycles. The van der Waals surface area contributed by atoms with Crippen molar-refractivity contribution < 1.29 is 4.52 Å². The number of nitrogens with one attached hydrogen (secondary N) is 2. The van der Waals surface area contributed by atoms with Gasteiger partial charge < -0.3 is 4.52 Å². The van der Waals surface area contributed by atoms with Crippen molar-refractivity contribution in [3.8, 4) is 11.3 Å². The van der Waals surface area contributed by atoms with Crippen molar-refractivity contribution in [2.75, 3.05) is 5.53 Å². The Morgan fingerprint density at radius 1 is 1.30 bits per heavy atom. The molecule has 0 aliphatic heterocycles. The molecule has 0 amide bonds. The van der Waals surface area contributed by atoms with Gasteiger partial charge in [0.15, 0.2) is 5.52 Å². The van der Waals surface area contributed by atoms with Crippen molar-refractivity contribution in [3.63, 3.8) is 0 Å². The summed E-state index contributed by atoms with van der Waals surface area (Å²) in [6.07, 6.45) is 0. The summed E-state index contributed by atoms with van der Waals surface area (Å²) in [6, 6.07) is 7.38. The molecule has 0 unspecified atom stereocenters. The largest absolute Gasteiger partial charge is 0.370 e. The van der Waals surface area contributed by atoms with Crippen LogP contribution in [0, 0.1) is 6.92 Å². The van der Waals surface area contributed by atoms with Crippen LogP contribution in [0.1, 0.15) is 5.56 Å². The third kappa shape index (κ3) is 1.70.